The summed E-state index contributed by atoms with van der Waals surface area (Å²) >= 11 is 0. The van der Waals surface area contributed by atoms with Gasteiger partial charge in [-0.1, -0.05) is 44.2 Å². The summed E-state index contributed by atoms with van der Waals surface area (Å²) in [7, 11) is -3.25. The van der Waals surface area contributed by atoms with Crippen molar-refractivity contribution >= 4 is 9.84 Å². The van der Waals surface area contributed by atoms with Crippen molar-refractivity contribution in [1.82, 2.24) is 14.5 Å². The number of nitrogens with one attached hydrogen (secondary N) is 1. The molecule has 0 radical (unpaired) electrons. The molecule has 0 saturated heterocycles. The van der Waals surface area contributed by atoms with Crippen LogP contribution in [0.3, 0.4) is 0 Å². The topological polar surface area (TPSA) is 111 Å². The van der Waals surface area contributed by atoms with Gasteiger partial charge in [-0.25, -0.2) is 18.0 Å². The Hall–Kier alpha value is -2.26. The molecule has 0 aliphatic heterocycles. The molecule has 2 aromatic rings. The zero-order chi connectivity index (χ0) is 19.2. The van der Waals surface area contributed by atoms with Crippen LogP contribution < -0.4 is 11.4 Å². The Morgan fingerprint density at radius 2 is 1.88 bits per heavy atom. The van der Waals surface area contributed by atoms with Gasteiger partial charge in [-0.3, -0.25) is 9.55 Å². The molecule has 0 saturated carbocycles. The first-order chi connectivity index (χ1) is 12.2. The van der Waals surface area contributed by atoms with Crippen molar-refractivity contribution in [1.29, 1.82) is 0 Å². The molecule has 1 aromatic heterocycles. The Morgan fingerprint density at radius 3 is 2.54 bits per heavy atom. The lowest BCUT2D eigenvalue weighted by Crippen LogP contribution is -2.32. The van der Waals surface area contributed by atoms with Crippen LogP contribution in [0.2, 0.25) is 0 Å². The molecule has 0 aliphatic rings. The number of hydrogen-bond donors (Lipinski definition) is 1. The number of aromatic nitrogens is 3. The van der Waals surface area contributed by atoms with Crippen molar-refractivity contribution in [2.24, 2.45) is 0 Å². The predicted molar refractivity (Wildman–Crippen MR) is 97.8 cm³/mol. The lowest BCUT2D eigenvalue weighted by molar-refractivity contribution is 0.0736. The van der Waals surface area contributed by atoms with E-state index in [2.05, 4.69) is 4.98 Å². The smallest absolute Gasteiger partial charge is 0.350 e. The summed E-state index contributed by atoms with van der Waals surface area (Å²) in [6.07, 6.45) is 1.40. The van der Waals surface area contributed by atoms with E-state index >= 15 is 0 Å². The molecule has 9 heteroatoms. The van der Waals surface area contributed by atoms with Crippen LogP contribution in [0.4, 0.5) is 0 Å². The molecular weight excluding hydrogens is 358 g/mol. The number of hydrogen-bond acceptors (Lipinski definition) is 6. The third-order valence-corrected chi connectivity index (χ3v) is 5.97. The fourth-order valence-electron chi connectivity index (χ4n) is 2.60. The Morgan fingerprint density at radius 1 is 1.19 bits per heavy atom. The van der Waals surface area contributed by atoms with E-state index in [0.717, 1.165) is 16.5 Å². The second-order valence-corrected chi connectivity index (χ2v) is 8.87. The van der Waals surface area contributed by atoms with Gasteiger partial charge in [0.2, 0.25) is 0 Å². The van der Waals surface area contributed by atoms with Gasteiger partial charge in [-0.05, 0) is 12.0 Å². The molecule has 26 heavy (non-hydrogen) atoms. The van der Waals surface area contributed by atoms with Gasteiger partial charge in [-0.15, -0.1) is 0 Å². The Balaban J connectivity index is 1.81. The molecule has 1 heterocycles. The number of aromatic amines is 1. The van der Waals surface area contributed by atoms with Crippen LogP contribution in [-0.4, -0.2) is 41.1 Å². The molecule has 0 fully saturated rings. The monoisotopic (exact) mass is 381 g/mol. The first kappa shape index (κ1) is 20.1. The molecular formula is C17H23N3O5S. The van der Waals surface area contributed by atoms with Gasteiger partial charge >= 0.3 is 11.4 Å². The largest absolute Gasteiger partial charge is 0.361 e. The highest BCUT2D eigenvalue weighted by Gasteiger charge is 2.27. The molecule has 1 N–H and O–H groups in total. The minimum Gasteiger partial charge on any atom is -0.361 e. The minimum absolute atomic E-state index is 0.00202. The summed E-state index contributed by atoms with van der Waals surface area (Å²) < 4.78 is 31.1. The second-order valence-electron chi connectivity index (χ2n) is 6.68. The maximum absolute atomic E-state index is 12.4. The summed E-state index contributed by atoms with van der Waals surface area (Å²) in [4.78, 5) is 27.7. The number of ether oxygens (including phenoxy) is 1. The molecule has 0 atom stereocenters. The Bertz CT molecular complexity index is 933. The second kappa shape index (κ2) is 8.41. The molecule has 0 spiro atoms. The van der Waals surface area contributed by atoms with Crippen LogP contribution in [0.15, 0.2) is 46.2 Å². The molecule has 0 amide bonds. The van der Waals surface area contributed by atoms with Gasteiger partial charge in [0, 0.05) is 12.0 Å². The lowest BCUT2D eigenvalue weighted by Gasteiger charge is -2.25. The van der Waals surface area contributed by atoms with Crippen molar-refractivity contribution in [3.63, 3.8) is 0 Å². The number of sulfone groups is 1. The van der Waals surface area contributed by atoms with Crippen LogP contribution in [-0.2, 0) is 26.7 Å². The van der Waals surface area contributed by atoms with Gasteiger partial charge in [0.1, 0.15) is 13.1 Å². The third-order valence-electron chi connectivity index (χ3n) is 3.90. The number of benzene rings is 1. The van der Waals surface area contributed by atoms with E-state index < -0.39 is 26.6 Å². The van der Waals surface area contributed by atoms with Crippen molar-refractivity contribution in [2.75, 3.05) is 18.1 Å². The molecule has 0 bridgehead atoms. The van der Waals surface area contributed by atoms with E-state index in [-0.39, 0.29) is 24.8 Å². The van der Waals surface area contributed by atoms with Crippen molar-refractivity contribution in [2.45, 2.75) is 32.4 Å². The standard InChI is InChI=1S/C17H23N3O5S/c1-17(2,14-7-4-3-5-8-14)11-26(23,24)10-6-9-25-13-20-12-18-15(21)19-16(20)22/h3-5,7-8,12H,6,9-11,13H2,1-2H3,(H,19,21,22). The molecule has 8 nitrogen and oxygen atoms in total. The fraction of sp³-hybridized carbons (Fsp3) is 0.471. The summed E-state index contributed by atoms with van der Waals surface area (Å²) in [6, 6.07) is 9.54. The SMILES string of the molecule is CC(C)(CS(=O)(=O)CCCOCn1cnc(=O)[nH]c1=O)c1ccccc1. The molecule has 0 unspecified atom stereocenters. The minimum atomic E-state index is -3.25. The lowest BCUT2D eigenvalue weighted by atomic mass is 9.87. The van der Waals surface area contributed by atoms with Crippen LogP contribution in [0, 0.1) is 0 Å². The number of H-pyrrole nitrogens is 1. The van der Waals surface area contributed by atoms with Crippen LogP contribution in [0.1, 0.15) is 25.8 Å². The van der Waals surface area contributed by atoms with Gasteiger partial charge < -0.3 is 4.74 Å². The molecule has 142 valence electrons. The number of rotatable bonds is 9. The highest BCUT2D eigenvalue weighted by atomic mass is 32.2. The third kappa shape index (κ3) is 5.92. The van der Waals surface area contributed by atoms with Gasteiger partial charge in [-0.2, -0.15) is 4.98 Å². The van der Waals surface area contributed by atoms with E-state index in [0.29, 0.717) is 6.42 Å². The van der Waals surface area contributed by atoms with Gasteiger partial charge in [0.05, 0.1) is 11.5 Å². The van der Waals surface area contributed by atoms with Crippen LogP contribution in [0.25, 0.3) is 0 Å². The summed E-state index contributed by atoms with van der Waals surface area (Å²) in [5.74, 6) is 0.0509. The van der Waals surface area contributed by atoms with E-state index in [1.165, 1.54) is 0 Å². The highest BCUT2D eigenvalue weighted by Crippen LogP contribution is 2.25. The normalized spacial score (nSPS) is 12.2. The van der Waals surface area contributed by atoms with Gasteiger partial charge in [0.25, 0.3) is 0 Å². The zero-order valence-corrected chi connectivity index (χ0v) is 15.7. The Kier molecular flexibility index (Phi) is 6.49. The Labute approximate surface area is 151 Å². The van der Waals surface area contributed by atoms with E-state index in [4.69, 9.17) is 4.74 Å². The van der Waals surface area contributed by atoms with E-state index in [9.17, 15) is 18.0 Å². The maximum Gasteiger partial charge on any atom is 0.350 e. The highest BCUT2D eigenvalue weighted by molar-refractivity contribution is 7.91. The molecule has 2 rings (SSSR count). The molecule has 1 aromatic carbocycles. The van der Waals surface area contributed by atoms with Gasteiger partial charge in [0.15, 0.2) is 9.84 Å². The summed E-state index contributed by atoms with van der Waals surface area (Å²) in [5.41, 5.74) is -0.846. The van der Waals surface area contributed by atoms with E-state index in [1.54, 1.807) is 0 Å². The predicted octanol–water partition coefficient (Wildman–Crippen LogP) is 0.688. The zero-order valence-electron chi connectivity index (χ0n) is 14.8. The first-order valence-electron chi connectivity index (χ1n) is 8.19. The summed E-state index contributed by atoms with van der Waals surface area (Å²) in [6.45, 7) is 3.90. The quantitative estimate of drug-likeness (QED) is 0.640. The number of nitrogens with zero attached hydrogens (tertiary/aromatic N) is 2. The van der Waals surface area contributed by atoms with Crippen molar-refractivity contribution < 1.29 is 13.2 Å². The average Bonchev–Trinajstić information content (AvgIpc) is 2.56. The van der Waals surface area contributed by atoms with Crippen molar-refractivity contribution in [3.8, 4) is 0 Å². The van der Waals surface area contributed by atoms with Crippen LogP contribution in [0.5, 0.6) is 0 Å². The maximum atomic E-state index is 12.4. The van der Waals surface area contributed by atoms with E-state index in [1.807, 2.05) is 49.2 Å². The summed E-state index contributed by atoms with van der Waals surface area (Å²) in [5, 5.41) is 0. The first-order valence-corrected chi connectivity index (χ1v) is 10.0. The average molecular weight is 381 g/mol. The molecule has 0 aliphatic carbocycles. The van der Waals surface area contributed by atoms with Crippen LogP contribution >= 0.6 is 0 Å². The fourth-order valence-corrected chi connectivity index (χ4v) is 4.57. The van der Waals surface area contributed by atoms with Crippen molar-refractivity contribution in [3.05, 3.63) is 63.2 Å².